The molecule has 1 unspecified atom stereocenters. The summed E-state index contributed by atoms with van der Waals surface area (Å²) in [5.74, 6) is -6.91. The Bertz CT molecular complexity index is 3550. The van der Waals surface area contributed by atoms with Crippen molar-refractivity contribution >= 4 is 93.8 Å². The number of benzene rings is 3. The second kappa shape index (κ2) is 26.7. The maximum absolute atomic E-state index is 14.8. The summed E-state index contributed by atoms with van der Waals surface area (Å²) < 4.78 is 69.1. The standard InChI is InChI=1S/C61H71F4N10O13PS/c1-2-3-4-33-5-7-34(8-6-33)25-43(58(84)73-23-20-60(21-24-73)29-38(30-60)67-37-10-12-40-41(28-37)57(83)75(56(40)82)46-15-18-51(77)71-54(46)80)69-52(78)42(13-17-50(66)76)68-53(79)45-14-11-39-19-22-72(32-49(62)63)31-44(59(85)74(39)45)70-55(81)48-27-35-26-36(9-16-47(35)90-48)61(64,65)89(86,87)88/h5-10,12,16,26-28,38-39,42-46,49,67H,2-4,11,13-15,17-25,29-32H2,1H3,(H2,66,76)(H,68,79)(H,69,78)(H,70,81)(H,71,77,80)(H2,86,87,88)/t39-,42+,43+,44+,45+,46?/m1/s1. The molecular formula is C61H71F4N10O13PS. The number of alkyl halides is 4. The number of carbonyl (C=O) groups excluding carboxylic acids is 10. The van der Waals surface area contributed by atoms with Crippen molar-refractivity contribution in [1.29, 1.82) is 0 Å². The lowest BCUT2D eigenvalue weighted by Gasteiger charge is -2.53. The molecule has 5 aliphatic heterocycles. The van der Waals surface area contributed by atoms with Gasteiger partial charge in [-0.05, 0) is 129 Å². The van der Waals surface area contributed by atoms with Crippen molar-refractivity contribution in [2.24, 2.45) is 11.1 Å². The van der Waals surface area contributed by atoms with Crippen molar-refractivity contribution in [3.8, 4) is 0 Å². The molecule has 6 aliphatic rings. The third-order valence-electron chi connectivity index (χ3n) is 18.2. The summed E-state index contributed by atoms with van der Waals surface area (Å²) in [4.78, 5) is 160. The monoisotopic (exact) mass is 1290 g/mol. The van der Waals surface area contributed by atoms with Crippen LogP contribution in [0.15, 0.2) is 66.7 Å². The Kier molecular flexibility index (Phi) is 19.3. The number of nitrogens with two attached hydrogens (primary N) is 1. The molecule has 3 aromatic carbocycles. The van der Waals surface area contributed by atoms with E-state index in [1.165, 1.54) is 15.9 Å². The molecule has 5 fully saturated rings. The van der Waals surface area contributed by atoms with Gasteiger partial charge in [0.15, 0.2) is 0 Å². The molecule has 10 amide bonds. The van der Waals surface area contributed by atoms with E-state index in [9.17, 15) is 79.9 Å². The number of aryl methyl sites for hydroxylation is 1. The number of thiophene rings is 1. The van der Waals surface area contributed by atoms with Gasteiger partial charge in [0.1, 0.15) is 30.2 Å². The van der Waals surface area contributed by atoms with Crippen LogP contribution in [0.1, 0.15) is 137 Å². The molecule has 0 radical (unpaired) electrons. The lowest BCUT2D eigenvalue weighted by Crippen LogP contribution is -2.62. The summed E-state index contributed by atoms with van der Waals surface area (Å²) in [5.41, 5.74) is 2.65. The average Bonchev–Trinajstić information content (AvgIpc) is 1.43. The van der Waals surface area contributed by atoms with E-state index in [0.717, 1.165) is 77.7 Å². The van der Waals surface area contributed by atoms with Crippen LogP contribution in [0.5, 0.6) is 0 Å². The Labute approximate surface area is 518 Å². The summed E-state index contributed by atoms with van der Waals surface area (Å²) in [7, 11) is -5.94. The zero-order chi connectivity index (χ0) is 64.6. The van der Waals surface area contributed by atoms with Gasteiger partial charge in [-0.15, -0.1) is 11.3 Å². The van der Waals surface area contributed by atoms with Crippen molar-refractivity contribution in [3.63, 3.8) is 0 Å². The highest BCUT2D eigenvalue weighted by Gasteiger charge is 2.52. The summed E-state index contributed by atoms with van der Waals surface area (Å²) in [6.07, 6.45) is 2.53. The zero-order valence-corrected chi connectivity index (χ0v) is 50.9. The number of rotatable bonds is 22. The predicted molar refractivity (Wildman–Crippen MR) is 319 cm³/mol. The largest absolute Gasteiger partial charge is 0.399 e. The van der Waals surface area contributed by atoms with E-state index in [0.29, 0.717) is 31.6 Å². The SMILES string of the molecule is CCCCc1ccc(C[C@H](NC(=O)[C@H](CCC(N)=O)NC(=O)[C@@H]2CC[C@@H]3CCN(CC(F)F)C[C@H](NC(=O)c4cc5cc(C(F)(F)P(=O)(O)O)ccc5s4)C(=O)N32)C(=O)N2CCC3(CC2)CC(Nc2ccc4c(c2)C(=O)N(C2CCC(=O)NC2=O)C4=O)C3)cc1. The fourth-order valence-electron chi connectivity index (χ4n) is 13.4. The molecule has 4 saturated heterocycles. The Morgan fingerprint density at radius 1 is 0.856 bits per heavy atom. The Morgan fingerprint density at radius 2 is 1.57 bits per heavy atom. The summed E-state index contributed by atoms with van der Waals surface area (Å²) in [6, 6.07) is 9.27. The van der Waals surface area contributed by atoms with Gasteiger partial charge in [0.25, 0.3) is 24.1 Å². The highest BCUT2D eigenvalue weighted by Crippen LogP contribution is 2.59. The van der Waals surface area contributed by atoms with E-state index >= 15 is 0 Å². The minimum Gasteiger partial charge on any atom is -0.382 e. The highest BCUT2D eigenvalue weighted by molar-refractivity contribution is 7.52. The van der Waals surface area contributed by atoms with Gasteiger partial charge in [0, 0.05) is 73.5 Å². The summed E-state index contributed by atoms with van der Waals surface area (Å²) in [6.45, 7) is 1.63. The predicted octanol–water partition coefficient (Wildman–Crippen LogP) is 4.66. The number of hydrogen-bond donors (Lipinski definition) is 8. The van der Waals surface area contributed by atoms with Gasteiger partial charge in [-0.2, -0.15) is 8.78 Å². The van der Waals surface area contributed by atoms with Gasteiger partial charge in [0.2, 0.25) is 41.4 Å². The lowest BCUT2D eigenvalue weighted by molar-refractivity contribution is -0.144. The summed E-state index contributed by atoms with van der Waals surface area (Å²) >= 11 is 0.811. The molecule has 10 rings (SSSR count). The van der Waals surface area contributed by atoms with Gasteiger partial charge in [-0.1, -0.05) is 43.7 Å². The number of halogens is 4. The van der Waals surface area contributed by atoms with E-state index in [1.807, 2.05) is 24.3 Å². The average molecular weight is 1290 g/mol. The molecule has 4 aromatic rings. The minimum atomic E-state index is -5.94. The molecule has 0 bridgehead atoms. The first-order valence-corrected chi connectivity index (χ1v) is 32.6. The maximum atomic E-state index is 14.8. The number of amides is 10. The van der Waals surface area contributed by atoms with Crippen LogP contribution in [0.25, 0.3) is 10.1 Å². The Hall–Kier alpha value is -7.65. The minimum absolute atomic E-state index is 0.00131. The Morgan fingerprint density at radius 3 is 2.24 bits per heavy atom. The number of nitrogens with one attached hydrogen (secondary N) is 5. The number of primary amides is 1. The molecule has 1 aliphatic carbocycles. The van der Waals surface area contributed by atoms with Crippen molar-refractivity contribution in [2.75, 3.05) is 38.0 Å². The number of carbonyl (C=O) groups is 10. The normalized spacial score (nSPS) is 22.1. The van der Waals surface area contributed by atoms with Gasteiger partial charge in [0.05, 0.1) is 22.5 Å². The molecule has 6 heterocycles. The third-order valence-corrected chi connectivity index (χ3v) is 20.4. The van der Waals surface area contributed by atoms with Crippen LogP contribution in [-0.2, 0) is 56.6 Å². The smallest absolute Gasteiger partial charge is 0.382 e. The lowest BCUT2D eigenvalue weighted by atomic mass is 9.60. The molecule has 90 heavy (non-hydrogen) atoms. The maximum Gasteiger partial charge on any atom is 0.399 e. The number of nitrogens with zero attached hydrogens (tertiary/aromatic N) is 4. The fourth-order valence-corrected chi connectivity index (χ4v) is 14.8. The molecule has 482 valence electrons. The fraction of sp³-hybridized carbons (Fsp3) is 0.508. The number of unbranched alkanes of at least 4 members (excludes halogenated alkanes) is 1. The molecule has 29 heteroatoms. The first-order chi connectivity index (χ1) is 42.7. The molecule has 1 aromatic heterocycles. The van der Waals surface area contributed by atoms with E-state index in [-0.39, 0.29) is 101 Å². The van der Waals surface area contributed by atoms with Crippen LogP contribution in [0, 0.1) is 5.41 Å². The van der Waals surface area contributed by atoms with E-state index in [1.54, 1.807) is 23.1 Å². The van der Waals surface area contributed by atoms with Gasteiger partial charge in [-0.3, -0.25) is 67.6 Å². The molecule has 23 nitrogen and oxygen atoms in total. The second-order valence-corrected chi connectivity index (χ2v) is 27.2. The van der Waals surface area contributed by atoms with Gasteiger partial charge >= 0.3 is 13.3 Å². The number of piperidine rings is 2. The number of hydrogen-bond acceptors (Lipinski definition) is 14. The van der Waals surface area contributed by atoms with Crippen LogP contribution < -0.4 is 32.3 Å². The molecule has 6 atom stereocenters. The van der Waals surface area contributed by atoms with E-state index in [4.69, 9.17) is 5.73 Å². The van der Waals surface area contributed by atoms with Crippen molar-refractivity contribution < 1.29 is 79.9 Å². The van der Waals surface area contributed by atoms with Crippen molar-refractivity contribution in [2.45, 2.75) is 158 Å². The quantitative estimate of drug-likeness (QED) is 0.0301. The Balaban J connectivity index is 0.812. The van der Waals surface area contributed by atoms with Crippen molar-refractivity contribution in [1.82, 2.24) is 40.9 Å². The molecule has 1 spiro atoms. The number of imide groups is 2. The number of anilines is 1. The summed E-state index contributed by atoms with van der Waals surface area (Å²) in [5, 5.41) is 13.9. The van der Waals surface area contributed by atoms with Crippen LogP contribution in [0.2, 0.25) is 0 Å². The van der Waals surface area contributed by atoms with Crippen LogP contribution >= 0.6 is 18.9 Å². The molecular weight excluding hydrogens is 1220 g/mol. The first-order valence-electron chi connectivity index (χ1n) is 30.2. The number of fused-ring (bicyclic) bond motifs is 3. The van der Waals surface area contributed by atoms with Crippen LogP contribution in [0.4, 0.5) is 23.2 Å². The van der Waals surface area contributed by atoms with Gasteiger partial charge < -0.3 is 46.6 Å². The first kappa shape index (κ1) is 65.3. The molecule has 1 saturated carbocycles. The van der Waals surface area contributed by atoms with Crippen LogP contribution in [0.3, 0.4) is 0 Å². The zero-order valence-electron chi connectivity index (χ0n) is 49.2. The number of likely N-dealkylation sites (tertiary alicyclic amines) is 1. The topological polar surface area (TPSA) is 327 Å². The van der Waals surface area contributed by atoms with Crippen molar-refractivity contribution in [3.05, 3.63) is 99.4 Å². The van der Waals surface area contributed by atoms with E-state index in [2.05, 4.69) is 33.5 Å². The third kappa shape index (κ3) is 14.1. The van der Waals surface area contributed by atoms with Crippen LogP contribution in [-0.4, -0.2) is 170 Å². The van der Waals surface area contributed by atoms with Gasteiger partial charge in [-0.25, -0.2) is 8.78 Å². The molecule has 9 N–H and O–H groups in total. The highest BCUT2D eigenvalue weighted by atomic mass is 32.1. The second-order valence-electron chi connectivity index (χ2n) is 24.4. The van der Waals surface area contributed by atoms with E-state index < -0.39 is 128 Å².